The molecule has 8 heteroatoms. The maximum Gasteiger partial charge on any atom is 0.329 e. The molecular weight excluding hydrogens is 382 g/mol. The Kier molecular flexibility index (Phi) is 6.93. The fourth-order valence-corrected chi connectivity index (χ4v) is 3.98. The fraction of sp³-hybridized carbons (Fsp3) is 0.300. The van der Waals surface area contributed by atoms with Gasteiger partial charge in [-0.2, -0.15) is 4.72 Å². The SMILES string of the molecule is CCC(C)c1ccc(Oc2ccccc2S(=O)(=O)N[C@H](C=O)C(=O)O)cc1C. The highest BCUT2D eigenvalue weighted by molar-refractivity contribution is 7.89. The molecular formula is C20H23NO6S. The van der Waals surface area contributed by atoms with Crippen molar-refractivity contribution in [3.8, 4) is 11.5 Å². The number of benzene rings is 2. The van der Waals surface area contributed by atoms with Crippen molar-refractivity contribution in [2.45, 2.75) is 44.0 Å². The number of para-hydroxylation sites is 1. The first-order valence-corrected chi connectivity index (χ1v) is 10.3. The van der Waals surface area contributed by atoms with E-state index < -0.39 is 22.0 Å². The highest BCUT2D eigenvalue weighted by Gasteiger charge is 2.27. The molecule has 28 heavy (non-hydrogen) atoms. The van der Waals surface area contributed by atoms with Crippen molar-refractivity contribution in [3.05, 3.63) is 53.6 Å². The van der Waals surface area contributed by atoms with Gasteiger partial charge in [0.05, 0.1) is 0 Å². The number of aldehydes is 1. The Morgan fingerprint density at radius 1 is 1.25 bits per heavy atom. The summed E-state index contributed by atoms with van der Waals surface area (Å²) in [5.74, 6) is -0.714. The number of carboxylic acids is 1. The van der Waals surface area contributed by atoms with Gasteiger partial charge in [0.1, 0.15) is 22.7 Å². The molecule has 0 saturated heterocycles. The minimum absolute atomic E-state index is 0.0142. The Bertz CT molecular complexity index is 970. The Balaban J connectivity index is 2.36. The van der Waals surface area contributed by atoms with Crippen LogP contribution in [0.2, 0.25) is 0 Å². The summed E-state index contributed by atoms with van der Waals surface area (Å²) in [6.07, 6.45) is 1.01. The molecule has 0 aliphatic rings. The number of aliphatic carboxylic acids is 1. The Hall–Kier alpha value is -2.71. The molecule has 2 N–H and O–H groups in total. The van der Waals surface area contributed by atoms with Gasteiger partial charge >= 0.3 is 5.97 Å². The van der Waals surface area contributed by atoms with Gasteiger partial charge < -0.3 is 14.6 Å². The molecule has 0 aliphatic heterocycles. The molecule has 0 amide bonds. The number of rotatable bonds is 9. The number of nitrogens with one attached hydrogen (secondary N) is 1. The van der Waals surface area contributed by atoms with Crippen LogP contribution in [0.5, 0.6) is 11.5 Å². The molecule has 1 unspecified atom stereocenters. The smallest absolute Gasteiger partial charge is 0.329 e. The molecule has 150 valence electrons. The molecule has 2 rings (SSSR count). The van der Waals surface area contributed by atoms with Crippen molar-refractivity contribution in [3.63, 3.8) is 0 Å². The molecule has 0 aliphatic carbocycles. The third-order valence-electron chi connectivity index (χ3n) is 4.44. The van der Waals surface area contributed by atoms with Crippen LogP contribution in [-0.4, -0.2) is 31.8 Å². The fourth-order valence-electron chi connectivity index (χ4n) is 2.74. The number of hydrogen-bond acceptors (Lipinski definition) is 5. The first-order chi connectivity index (χ1) is 13.2. The Labute approximate surface area is 164 Å². The van der Waals surface area contributed by atoms with Crippen molar-refractivity contribution in [1.29, 1.82) is 0 Å². The summed E-state index contributed by atoms with van der Waals surface area (Å²) in [6.45, 7) is 6.19. The van der Waals surface area contributed by atoms with E-state index in [1.165, 1.54) is 23.8 Å². The van der Waals surface area contributed by atoms with Crippen LogP contribution in [0.25, 0.3) is 0 Å². The van der Waals surface area contributed by atoms with Crippen LogP contribution in [0.4, 0.5) is 0 Å². The Morgan fingerprint density at radius 3 is 2.50 bits per heavy atom. The second-order valence-corrected chi connectivity index (χ2v) is 8.13. The van der Waals surface area contributed by atoms with E-state index in [9.17, 15) is 18.0 Å². The number of aryl methyl sites for hydroxylation is 1. The third-order valence-corrected chi connectivity index (χ3v) is 5.92. The molecule has 2 aromatic rings. The molecule has 0 saturated carbocycles. The lowest BCUT2D eigenvalue weighted by Gasteiger charge is -2.16. The van der Waals surface area contributed by atoms with Crippen molar-refractivity contribution in [1.82, 2.24) is 4.72 Å². The highest BCUT2D eigenvalue weighted by Crippen LogP contribution is 2.31. The molecule has 0 spiro atoms. The zero-order valence-corrected chi connectivity index (χ0v) is 16.7. The van der Waals surface area contributed by atoms with Crippen LogP contribution in [0.15, 0.2) is 47.4 Å². The van der Waals surface area contributed by atoms with Gasteiger partial charge in [-0.15, -0.1) is 0 Å². The minimum atomic E-state index is -4.29. The number of carbonyl (C=O) groups excluding carboxylic acids is 1. The van der Waals surface area contributed by atoms with Gasteiger partial charge in [-0.1, -0.05) is 32.0 Å². The van der Waals surface area contributed by atoms with Crippen LogP contribution < -0.4 is 9.46 Å². The van der Waals surface area contributed by atoms with Gasteiger partial charge in [0.2, 0.25) is 10.0 Å². The van der Waals surface area contributed by atoms with E-state index in [0.717, 1.165) is 12.0 Å². The third kappa shape index (κ3) is 4.96. The minimum Gasteiger partial charge on any atom is -0.480 e. The van der Waals surface area contributed by atoms with Gasteiger partial charge in [-0.25, -0.2) is 8.42 Å². The maximum absolute atomic E-state index is 12.6. The summed E-state index contributed by atoms with van der Waals surface area (Å²) in [4.78, 5) is 21.6. The van der Waals surface area contributed by atoms with Crippen LogP contribution in [0, 0.1) is 6.92 Å². The van der Waals surface area contributed by atoms with Crippen LogP contribution in [0.3, 0.4) is 0 Å². The monoisotopic (exact) mass is 405 g/mol. The number of carbonyl (C=O) groups is 2. The lowest BCUT2D eigenvalue weighted by Crippen LogP contribution is -2.41. The standard InChI is InChI=1S/C20H23NO6S/c1-4-13(2)16-10-9-15(11-14(16)3)27-18-7-5-6-8-19(18)28(25,26)21-17(12-22)20(23)24/h5-13,17,21H,4H2,1-3H3,(H,23,24)/t13?,17-/m1/s1. The average Bonchev–Trinajstić information content (AvgIpc) is 2.65. The van der Waals surface area contributed by atoms with Gasteiger partial charge in [0, 0.05) is 0 Å². The van der Waals surface area contributed by atoms with E-state index in [4.69, 9.17) is 9.84 Å². The first kappa shape index (κ1) is 21.6. The van der Waals surface area contributed by atoms with Crippen molar-refractivity contribution >= 4 is 22.3 Å². The predicted molar refractivity (Wildman–Crippen MR) is 104 cm³/mol. The molecule has 0 heterocycles. The van der Waals surface area contributed by atoms with Gasteiger partial charge in [0.15, 0.2) is 6.04 Å². The average molecular weight is 405 g/mol. The Morgan fingerprint density at radius 2 is 1.93 bits per heavy atom. The van der Waals surface area contributed by atoms with Crippen LogP contribution in [-0.2, 0) is 19.6 Å². The highest BCUT2D eigenvalue weighted by atomic mass is 32.2. The predicted octanol–water partition coefficient (Wildman–Crippen LogP) is 3.23. The van der Waals surface area contributed by atoms with Gasteiger partial charge in [-0.05, 0) is 54.7 Å². The van der Waals surface area contributed by atoms with Crippen LogP contribution >= 0.6 is 0 Å². The second-order valence-electron chi connectivity index (χ2n) is 6.45. The van der Waals surface area contributed by atoms with Crippen molar-refractivity contribution in [2.24, 2.45) is 0 Å². The molecule has 2 aromatic carbocycles. The van der Waals surface area contributed by atoms with Gasteiger partial charge in [-0.3, -0.25) is 4.79 Å². The topological polar surface area (TPSA) is 110 Å². The van der Waals surface area contributed by atoms with E-state index in [0.29, 0.717) is 11.7 Å². The lowest BCUT2D eigenvalue weighted by atomic mass is 9.94. The number of carboxylic acid groups (broad SMARTS) is 1. The normalized spacial score (nSPS) is 13.5. The van der Waals surface area contributed by atoms with Crippen molar-refractivity contribution in [2.75, 3.05) is 0 Å². The summed E-state index contributed by atoms with van der Waals surface area (Å²) in [5, 5.41) is 8.92. The summed E-state index contributed by atoms with van der Waals surface area (Å²) in [6, 6.07) is 9.47. The summed E-state index contributed by atoms with van der Waals surface area (Å²) in [5.41, 5.74) is 2.21. The van der Waals surface area contributed by atoms with Gasteiger partial charge in [0.25, 0.3) is 0 Å². The quantitative estimate of drug-likeness (QED) is 0.490. The zero-order valence-electron chi connectivity index (χ0n) is 15.9. The summed E-state index contributed by atoms with van der Waals surface area (Å²) >= 11 is 0. The first-order valence-electron chi connectivity index (χ1n) is 8.77. The van der Waals surface area contributed by atoms with E-state index in [2.05, 4.69) is 13.8 Å². The number of hydrogen-bond donors (Lipinski definition) is 2. The molecule has 7 nitrogen and oxygen atoms in total. The molecule has 2 atom stereocenters. The molecule has 0 radical (unpaired) electrons. The summed E-state index contributed by atoms with van der Waals surface area (Å²) < 4.78 is 32.7. The lowest BCUT2D eigenvalue weighted by molar-refractivity contribution is -0.140. The summed E-state index contributed by atoms with van der Waals surface area (Å²) in [7, 11) is -4.29. The van der Waals surface area contributed by atoms with E-state index in [1.807, 2.05) is 23.8 Å². The maximum atomic E-state index is 12.6. The number of sulfonamides is 1. The molecule has 0 bridgehead atoms. The molecule has 0 fully saturated rings. The van der Waals surface area contributed by atoms with Crippen molar-refractivity contribution < 1.29 is 27.9 Å². The second kappa shape index (κ2) is 8.99. The molecule has 0 aromatic heterocycles. The largest absolute Gasteiger partial charge is 0.480 e. The van der Waals surface area contributed by atoms with E-state index >= 15 is 0 Å². The van der Waals surface area contributed by atoms with E-state index in [-0.39, 0.29) is 16.9 Å². The van der Waals surface area contributed by atoms with Crippen LogP contribution in [0.1, 0.15) is 37.3 Å². The zero-order chi connectivity index (χ0) is 20.9. The van der Waals surface area contributed by atoms with E-state index in [1.54, 1.807) is 12.1 Å². The number of ether oxygens (including phenoxy) is 1.